The lowest BCUT2D eigenvalue weighted by Gasteiger charge is -2.11. The highest BCUT2D eigenvalue weighted by Crippen LogP contribution is 2.24. The number of ether oxygens (including phenoxy) is 1. The molecule has 5 heteroatoms. The van der Waals surface area contributed by atoms with E-state index < -0.39 is 6.36 Å². The van der Waals surface area contributed by atoms with Gasteiger partial charge in [0.05, 0.1) is 7.11 Å². The Morgan fingerprint density at radius 3 is 2.81 bits per heavy atom. The molecule has 0 aliphatic heterocycles. The zero-order chi connectivity index (χ0) is 12.1. The van der Waals surface area contributed by atoms with Crippen molar-refractivity contribution in [3.63, 3.8) is 0 Å². The van der Waals surface area contributed by atoms with Crippen molar-refractivity contribution in [2.24, 2.45) is 0 Å². The highest BCUT2D eigenvalue weighted by atomic mass is 19.1. The molecule has 1 aromatic carbocycles. The van der Waals surface area contributed by atoms with Gasteiger partial charge in [0.2, 0.25) is 12.3 Å². The van der Waals surface area contributed by atoms with Crippen molar-refractivity contribution in [3.8, 4) is 5.75 Å². The Morgan fingerprint density at radius 2 is 2.31 bits per heavy atom. The Morgan fingerprint density at radius 1 is 1.62 bits per heavy atom. The van der Waals surface area contributed by atoms with Gasteiger partial charge in [0.25, 0.3) is 0 Å². The number of hydrogen-bond acceptors (Lipinski definition) is 3. The largest absolute Gasteiger partial charge is 0.496 e. The van der Waals surface area contributed by atoms with Gasteiger partial charge in [0, 0.05) is 24.6 Å². The van der Waals surface area contributed by atoms with Crippen LogP contribution in [0.5, 0.6) is 5.75 Å². The molecule has 0 radical (unpaired) electrons. The maximum absolute atomic E-state index is 12.5. The van der Waals surface area contributed by atoms with E-state index in [4.69, 9.17) is 9.84 Å². The normalized spacial score (nSPS) is 12.0. The minimum absolute atomic E-state index is 0.170. The number of hydrogen-bond donors (Lipinski definition) is 2. The predicted octanol–water partition coefficient (Wildman–Crippen LogP) is 1.48. The Balaban J connectivity index is 2.96. The number of benzene rings is 1. The topological polar surface area (TPSA) is 58.6 Å². The van der Waals surface area contributed by atoms with Gasteiger partial charge in [0.15, 0.2) is 0 Å². The van der Waals surface area contributed by atoms with Gasteiger partial charge in [-0.1, -0.05) is 0 Å². The lowest BCUT2D eigenvalue weighted by molar-refractivity contribution is -0.114. The number of amides is 1. The Labute approximate surface area is 93.0 Å². The van der Waals surface area contributed by atoms with Crippen molar-refractivity contribution in [2.45, 2.75) is 19.7 Å². The molecule has 0 bridgehead atoms. The highest BCUT2D eigenvalue weighted by molar-refractivity contribution is 5.88. The van der Waals surface area contributed by atoms with Crippen LogP contribution >= 0.6 is 0 Å². The summed E-state index contributed by atoms with van der Waals surface area (Å²) in [5, 5.41) is 11.3. The molecule has 16 heavy (non-hydrogen) atoms. The summed E-state index contributed by atoms with van der Waals surface area (Å²) in [6.45, 7) is 1.38. The number of aliphatic hydroxyl groups is 1. The monoisotopic (exact) mass is 227 g/mol. The second kappa shape index (κ2) is 5.46. The zero-order valence-electron chi connectivity index (χ0n) is 9.16. The first-order valence-corrected chi connectivity index (χ1v) is 4.79. The molecular formula is C11H14FNO3. The van der Waals surface area contributed by atoms with Crippen LogP contribution < -0.4 is 10.1 Å². The summed E-state index contributed by atoms with van der Waals surface area (Å²) in [4.78, 5) is 10.8. The third-order valence-corrected chi connectivity index (χ3v) is 1.99. The first-order chi connectivity index (χ1) is 7.52. The molecule has 0 spiro atoms. The van der Waals surface area contributed by atoms with Gasteiger partial charge in [-0.15, -0.1) is 0 Å². The number of alkyl halides is 1. The van der Waals surface area contributed by atoms with Crippen LogP contribution in [0.15, 0.2) is 18.2 Å². The first kappa shape index (κ1) is 12.4. The molecule has 1 unspecified atom stereocenters. The van der Waals surface area contributed by atoms with Crippen molar-refractivity contribution in [2.75, 3.05) is 12.4 Å². The lowest BCUT2D eigenvalue weighted by atomic mass is 10.1. The summed E-state index contributed by atoms with van der Waals surface area (Å²) in [6.07, 6.45) is -2.11. The van der Waals surface area contributed by atoms with Crippen LogP contribution in [-0.4, -0.2) is 24.5 Å². The highest BCUT2D eigenvalue weighted by Gasteiger charge is 2.09. The van der Waals surface area contributed by atoms with Crippen molar-refractivity contribution in [1.29, 1.82) is 0 Å². The van der Waals surface area contributed by atoms with Gasteiger partial charge in [0.1, 0.15) is 5.75 Å². The molecule has 1 aromatic rings. The molecule has 0 aliphatic carbocycles. The van der Waals surface area contributed by atoms with Crippen LogP contribution in [0.25, 0.3) is 0 Å². The number of anilines is 1. The van der Waals surface area contributed by atoms with Crippen molar-refractivity contribution in [3.05, 3.63) is 23.8 Å². The number of nitrogens with one attached hydrogen (secondary N) is 1. The van der Waals surface area contributed by atoms with Crippen molar-refractivity contribution in [1.82, 2.24) is 0 Å². The van der Waals surface area contributed by atoms with E-state index in [-0.39, 0.29) is 12.3 Å². The van der Waals surface area contributed by atoms with Gasteiger partial charge in [-0.2, -0.15) is 0 Å². The van der Waals surface area contributed by atoms with Crippen molar-refractivity contribution >= 4 is 11.6 Å². The molecule has 0 aliphatic rings. The zero-order valence-corrected chi connectivity index (χ0v) is 9.16. The van der Waals surface area contributed by atoms with Crippen LogP contribution in [0, 0.1) is 0 Å². The molecule has 88 valence electrons. The maximum Gasteiger partial charge on any atom is 0.221 e. The van der Waals surface area contributed by atoms with Crippen LogP contribution in [0.3, 0.4) is 0 Å². The van der Waals surface area contributed by atoms with Crippen LogP contribution in [0.4, 0.5) is 10.1 Å². The fourth-order valence-corrected chi connectivity index (χ4v) is 1.40. The molecule has 0 saturated carbocycles. The van der Waals surface area contributed by atoms with E-state index >= 15 is 0 Å². The molecule has 0 fully saturated rings. The van der Waals surface area contributed by atoms with Gasteiger partial charge in [-0.3, -0.25) is 4.79 Å². The third-order valence-electron chi connectivity index (χ3n) is 1.99. The number of rotatable bonds is 4. The van der Waals surface area contributed by atoms with E-state index in [1.54, 1.807) is 18.2 Å². The lowest BCUT2D eigenvalue weighted by Crippen LogP contribution is -2.08. The standard InChI is InChI=1S/C11H14FNO3/c1-7(14)13-9-3-4-10(16-2)8(5-9)6-11(12)15/h3-5,11,15H,6H2,1-2H3,(H,13,14). The molecule has 1 amide bonds. The Hall–Kier alpha value is -1.62. The minimum atomic E-state index is -1.94. The SMILES string of the molecule is COc1ccc(NC(C)=O)cc1CC(O)F. The van der Waals surface area contributed by atoms with Crippen LogP contribution in [-0.2, 0) is 11.2 Å². The molecule has 0 aromatic heterocycles. The van der Waals surface area contributed by atoms with E-state index in [1.165, 1.54) is 14.0 Å². The van der Waals surface area contributed by atoms with Gasteiger partial charge >= 0.3 is 0 Å². The molecular weight excluding hydrogens is 213 g/mol. The third kappa shape index (κ3) is 3.51. The molecule has 0 saturated heterocycles. The first-order valence-electron chi connectivity index (χ1n) is 4.79. The summed E-state index contributed by atoms with van der Waals surface area (Å²) in [5.41, 5.74) is 1.05. The van der Waals surface area contributed by atoms with Gasteiger partial charge in [-0.05, 0) is 18.2 Å². The fourth-order valence-electron chi connectivity index (χ4n) is 1.40. The second-order valence-corrected chi connectivity index (χ2v) is 3.35. The molecule has 1 atom stereocenters. The number of methoxy groups -OCH3 is 1. The molecule has 4 nitrogen and oxygen atoms in total. The Kier molecular flexibility index (Phi) is 4.25. The minimum Gasteiger partial charge on any atom is -0.496 e. The summed E-state index contributed by atoms with van der Waals surface area (Å²) >= 11 is 0. The van der Waals surface area contributed by atoms with Crippen LogP contribution in [0.2, 0.25) is 0 Å². The van der Waals surface area contributed by atoms with E-state index in [2.05, 4.69) is 5.32 Å². The average molecular weight is 227 g/mol. The van der Waals surface area contributed by atoms with E-state index in [1.807, 2.05) is 0 Å². The molecule has 2 N–H and O–H groups in total. The molecule has 0 heterocycles. The number of carbonyl (C=O) groups is 1. The summed E-state index contributed by atoms with van der Waals surface area (Å²) in [7, 11) is 1.46. The number of halogens is 1. The van der Waals surface area contributed by atoms with Crippen molar-refractivity contribution < 1.29 is 19.0 Å². The van der Waals surface area contributed by atoms with Gasteiger partial charge < -0.3 is 15.2 Å². The van der Waals surface area contributed by atoms with E-state index in [0.29, 0.717) is 17.0 Å². The molecule has 1 rings (SSSR count). The quantitative estimate of drug-likeness (QED) is 0.819. The summed E-state index contributed by atoms with van der Waals surface area (Å²) < 4.78 is 17.5. The second-order valence-electron chi connectivity index (χ2n) is 3.35. The van der Waals surface area contributed by atoms with E-state index in [9.17, 15) is 9.18 Å². The predicted molar refractivity (Wildman–Crippen MR) is 58.1 cm³/mol. The maximum atomic E-state index is 12.5. The number of carbonyl (C=O) groups excluding carboxylic acids is 1. The smallest absolute Gasteiger partial charge is 0.221 e. The van der Waals surface area contributed by atoms with Crippen LogP contribution in [0.1, 0.15) is 12.5 Å². The summed E-state index contributed by atoms with van der Waals surface area (Å²) in [6, 6.07) is 4.83. The average Bonchev–Trinajstić information content (AvgIpc) is 2.16. The van der Waals surface area contributed by atoms with E-state index in [0.717, 1.165) is 0 Å². The Bertz CT molecular complexity index is 379. The fraction of sp³-hybridized carbons (Fsp3) is 0.364. The number of aliphatic hydroxyl groups excluding tert-OH is 1. The summed E-state index contributed by atoms with van der Waals surface area (Å²) in [5.74, 6) is 0.266. The van der Waals surface area contributed by atoms with Gasteiger partial charge in [-0.25, -0.2) is 4.39 Å².